The first-order chi connectivity index (χ1) is 7.36. The van der Waals surface area contributed by atoms with Crippen molar-refractivity contribution in [3.05, 3.63) is 47.0 Å². The first kappa shape index (κ1) is 8.86. The van der Waals surface area contributed by atoms with E-state index in [4.69, 9.17) is 11.6 Å². The monoisotopic (exact) mass is 216 g/mol. The third-order valence-electron chi connectivity index (χ3n) is 2.85. The van der Waals surface area contributed by atoms with E-state index in [-0.39, 0.29) is 0 Å². The summed E-state index contributed by atoms with van der Waals surface area (Å²) in [6, 6.07) is 4.09. The molecule has 0 spiro atoms. The molecule has 0 N–H and O–H groups in total. The summed E-state index contributed by atoms with van der Waals surface area (Å²) in [5.74, 6) is 0. The van der Waals surface area contributed by atoms with Crippen LogP contribution < -0.4 is 0 Å². The lowest BCUT2D eigenvalue weighted by molar-refractivity contribution is 0.926. The van der Waals surface area contributed by atoms with Gasteiger partial charge in [0.25, 0.3) is 0 Å². The molecule has 0 unspecified atom stereocenters. The van der Waals surface area contributed by atoms with Crippen molar-refractivity contribution in [2.24, 2.45) is 0 Å². The molecule has 0 radical (unpaired) electrons. The van der Waals surface area contributed by atoms with E-state index in [0.29, 0.717) is 5.15 Å². The summed E-state index contributed by atoms with van der Waals surface area (Å²) in [5, 5.41) is 0.627. The predicted octanol–water partition coefficient (Wildman–Crippen LogP) is 2.90. The lowest BCUT2D eigenvalue weighted by Gasteiger charge is -2.19. The Kier molecular flexibility index (Phi) is 1.96. The summed E-state index contributed by atoms with van der Waals surface area (Å²) in [6.45, 7) is 0. The van der Waals surface area contributed by atoms with Gasteiger partial charge in [0.1, 0.15) is 5.15 Å². The average Bonchev–Trinajstić information content (AvgIpc) is 2.29. The van der Waals surface area contributed by atoms with E-state index in [2.05, 4.69) is 16.0 Å². The van der Waals surface area contributed by atoms with Gasteiger partial charge in [0.15, 0.2) is 0 Å². The van der Waals surface area contributed by atoms with Crippen LogP contribution in [0, 0.1) is 0 Å². The van der Waals surface area contributed by atoms with Crippen molar-refractivity contribution < 1.29 is 0 Å². The smallest absolute Gasteiger partial charge is 0.132 e. The van der Waals surface area contributed by atoms with E-state index < -0.39 is 0 Å². The van der Waals surface area contributed by atoms with Gasteiger partial charge in [-0.05, 0) is 41.7 Å². The van der Waals surface area contributed by atoms with Crippen LogP contribution in [0.15, 0.2) is 30.7 Å². The zero-order valence-corrected chi connectivity index (χ0v) is 8.83. The fourth-order valence-corrected chi connectivity index (χ4v) is 2.35. The lowest BCUT2D eigenvalue weighted by atomic mass is 9.88. The number of rotatable bonds is 0. The third-order valence-corrected chi connectivity index (χ3v) is 3.17. The molecular formula is C12H9ClN2. The van der Waals surface area contributed by atoms with Gasteiger partial charge in [-0.1, -0.05) is 11.6 Å². The molecule has 2 aromatic heterocycles. The molecular weight excluding hydrogens is 208 g/mol. The highest BCUT2D eigenvalue weighted by atomic mass is 35.5. The van der Waals surface area contributed by atoms with Crippen molar-refractivity contribution in [1.82, 2.24) is 9.97 Å². The molecule has 0 fully saturated rings. The van der Waals surface area contributed by atoms with Gasteiger partial charge in [0, 0.05) is 24.2 Å². The second-order valence-corrected chi connectivity index (χ2v) is 4.02. The van der Waals surface area contributed by atoms with Gasteiger partial charge >= 0.3 is 0 Å². The Morgan fingerprint density at radius 1 is 1.07 bits per heavy atom. The summed E-state index contributed by atoms with van der Waals surface area (Å²) >= 11 is 6.08. The Balaban J connectivity index is 2.30. The molecule has 0 bridgehead atoms. The van der Waals surface area contributed by atoms with E-state index in [1.54, 1.807) is 6.20 Å². The molecule has 74 valence electrons. The average molecular weight is 217 g/mol. The predicted molar refractivity (Wildman–Crippen MR) is 59.9 cm³/mol. The van der Waals surface area contributed by atoms with Crippen molar-refractivity contribution in [3.8, 4) is 11.1 Å². The van der Waals surface area contributed by atoms with Gasteiger partial charge in [-0.3, -0.25) is 4.98 Å². The zero-order valence-electron chi connectivity index (χ0n) is 8.07. The number of aromatic nitrogens is 2. The number of fused-ring (bicyclic) bond motifs is 3. The maximum absolute atomic E-state index is 6.08. The Morgan fingerprint density at radius 3 is 2.93 bits per heavy atom. The number of hydrogen-bond acceptors (Lipinski definition) is 2. The number of pyridine rings is 2. The molecule has 3 rings (SSSR count). The molecule has 0 saturated heterocycles. The molecule has 0 atom stereocenters. The summed E-state index contributed by atoms with van der Waals surface area (Å²) in [7, 11) is 0. The standard InChI is InChI=1S/C12H9ClN2/c13-12-10-2-1-8-3-5-14-7-11(8)9(10)4-6-15-12/h3-7H,1-2H2. The highest BCUT2D eigenvalue weighted by Gasteiger charge is 2.18. The molecule has 0 saturated carbocycles. The van der Waals surface area contributed by atoms with Gasteiger partial charge in [-0.15, -0.1) is 0 Å². The quantitative estimate of drug-likeness (QED) is 0.633. The van der Waals surface area contributed by atoms with Crippen LogP contribution in [0.25, 0.3) is 11.1 Å². The molecule has 0 aliphatic heterocycles. The van der Waals surface area contributed by atoms with Crippen LogP contribution in [-0.2, 0) is 12.8 Å². The van der Waals surface area contributed by atoms with E-state index in [1.807, 2.05) is 18.5 Å². The van der Waals surface area contributed by atoms with Crippen LogP contribution in [0.2, 0.25) is 5.15 Å². The molecule has 0 amide bonds. The van der Waals surface area contributed by atoms with Crippen molar-refractivity contribution >= 4 is 11.6 Å². The van der Waals surface area contributed by atoms with Crippen LogP contribution in [0.1, 0.15) is 11.1 Å². The second-order valence-electron chi connectivity index (χ2n) is 3.66. The zero-order chi connectivity index (χ0) is 10.3. The maximum Gasteiger partial charge on any atom is 0.132 e. The number of hydrogen-bond donors (Lipinski definition) is 0. The molecule has 3 heteroatoms. The molecule has 1 aliphatic carbocycles. The molecule has 0 aromatic carbocycles. The minimum Gasteiger partial charge on any atom is -0.264 e. The van der Waals surface area contributed by atoms with E-state index in [1.165, 1.54) is 16.7 Å². The Bertz CT molecular complexity index is 523. The highest BCUT2D eigenvalue weighted by Crippen LogP contribution is 2.34. The minimum absolute atomic E-state index is 0.627. The molecule has 1 aliphatic rings. The third kappa shape index (κ3) is 1.33. The van der Waals surface area contributed by atoms with Gasteiger partial charge < -0.3 is 0 Å². The number of nitrogens with zero attached hydrogens (tertiary/aromatic N) is 2. The van der Waals surface area contributed by atoms with Crippen molar-refractivity contribution in [2.75, 3.05) is 0 Å². The minimum atomic E-state index is 0.627. The van der Waals surface area contributed by atoms with Gasteiger partial charge in [0.05, 0.1) is 0 Å². The maximum atomic E-state index is 6.08. The number of aryl methyl sites for hydroxylation is 1. The number of halogens is 1. The fourth-order valence-electron chi connectivity index (χ4n) is 2.10. The summed E-state index contributed by atoms with van der Waals surface area (Å²) in [6.07, 6.45) is 7.49. The first-order valence-electron chi connectivity index (χ1n) is 4.93. The Labute approximate surface area is 93.0 Å². The highest BCUT2D eigenvalue weighted by molar-refractivity contribution is 6.30. The van der Waals surface area contributed by atoms with E-state index >= 15 is 0 Å². The summed E-state index contributed by atoms with van der Waals surface area (Å²) < 4.78 is 0. The summed E-state index contributed by atoms with van der Waals surface area (Å²) in [4.78, 5) is 8.27. The van der Waals surface area contributed by atoms with Gasteiger partial charge in [-0.2, -0.15) is 0 Å². The molecule has 2 nitrogen and oxygen atoms in total. The van der Waals surface area contributed by atoms with Crippen molar-refractivity contribution in [2.45, 2.75) is 12.8 Å². The SMILES string of the molecule is Clc1nccc2c1CCc1ccncc1-2. The van der Waals surface area contributed by atoms with Crippen molar-refractivity contribution in [1.29, 1.82) is 0 Å². The molecule has 2 aromatic rings. The first-order valence-corrected chi connectivity index (χ1v) is 5.30. The van der Waals surface area contributed by atoms with Gasteiger partial charge in [-0.25, -0.2) is 4.98 Å². The van der Waals surface area contributed by atoms with Crippen LogP contribution >= 0.6 is 11.6 Å². The van der Waals surface area contributed by atoms with E-state index in [9.17, 15) is 0 Å². The Morgan fingerprint density at radius 2 is 2.00 bits per heavy atom. The lowest BCUT2D eigenvalue weighted by Crippen LogP contribution is -2.05. The fraction of sp³-hybridized carbons (Fsp3) is 0.167. The van der Waals surface area contributed by atoms with Crippen LogP contribution in [0.5, 0.6) is 0 Å². The van der Waals surface area contributed by atoms with E-state index in [0.717, 1.165) is 18.4 Å². The van der Waals surface area contributed by atoms with Crippen LogP contribution in [0.3, 0.4) is 0 Å². The second kappa shape index (κ2) is 3.31. The Hall–Kier alpha value is -1.41. The topological polar surface area (TPSA) is 25.8 Å². The van der Waals surface area contributed by atoms with Gasteiger partial charge in [0.2, 0.25) is 0 Å². The summed E-state index contributed by atoms with van der Waals surface area (Å²) in [5.41, 5.74) is 4.88. The van der Waals surface area contributed by atoms with Crippen molar-refractivity contribution in [3.63, 3.8) is 0 Å². The largest absolute Gasteiger partial charge is 0.264 e. The van der Waals surface area contributed by atoms with Crippen LogP contribution in [0.4, 0.5) is 0 Å². The normalized spacial score (nSPS) is 13.1. The molecule has 2 heterocycles. The molecule has 15 heavy (non-hydrogen) atoms. The van der Waals surface area contributed by atoms with Crippen LogP contribution in [-0.4, -0.2) is 9.97 Å².